The first-order chi connectivity index (χ1) is 8.56. The maximum absolute atomic E-state index is 10.8. The Morgan fingerprint density at radius 3 is 2.94 bits per heavy atom. The summed E-state index contributed by atoms with van der Waals surface area (Å²) in [7, 11) is 1.49. The fraction of sp³-hybridized carbons (Fsp3) is 0.455. The van der Waals surface area contributed by atoms with Gasteiger partial charge in [-0.15, -0.1) is 0 Å². The third-order valence-corrected chi connectivity index (χ3v) is 2.69. The highest BCUT2D eigenvalue weighted by Crippen LogP contribution is 2.25. The molecule has 0 aliphatic heterocycles. The van der Waals surface area contributed by atoms with Crippen LogP contribution in [0.1, 0.15) is 5.56 Å². The first-order valence-electron chi connectivity index (χ1n) is 5.35. The van der Waals surface area contributed by atoms with Crippen molar-refractivity contribution in [3.05, 3.63) is 38.9 Å². The van der Waals surface area contributed by atoms with E-state index in [4.69, 9.17) is 16.3 Å². The number of aliphatic hydroxyl groups excluding tert-OH is 1. The van der Waals surface area contributed by atoms with Crippen molar-refractivity contribution in [3.63, 3.8) is 0 Å². The second-order valence-electron chi connectivity index (χ2n) is 3.73. The molecule has 0 aliphatic rings. The molecule has 0 radical (unpaired) electrons. The summed E-state index contributed by atoms with van der Waals surface area (Å²) in [5.74, 6) is 0. The van der Waals surface area contributed by atoms with Crippen molar-refractivity contribution in [3.8, 4) is 0 Å². The second-order valence-corrected chi connectivity index (χ2v) is 4.14. The number of nitrogens with zero attached hydrogens (tertiary/aromatic N) is 1. The van der Waals surface area contributed by atoms with E-state index >= 15 is 0 Å². The number of nitrogens with one attached hydrogen (secondary N) is 1. The lowest BCUT2D eigenvalue weighted by molar-refractivity contribution is -0.385. The smallest absolute Gasteiger partial charge is 0.275 e. The van der Waals surface area contributed by atoms with Gasteiger partial charge in [-0.25, -0.2) is 0 Å². The van der Waals surface area contributed by atoms with Crippen molar-refractivity contribution in [1.82, 2.24) is 5.32 Å². The van der Waals surface area contributed by atoms with Crippen molar-refractivity contribution < 1.29 is 14.8 Å². The number of halogens is 1. The van der Waals surface area contributed by atoms with Crippen molar-refractivity contribution in [1.29, 1.82) is 0 Å². The first-order valence-corrected chi connectivity index (χ1v) is 5.73. The Kier molecular flexibility index (Phi) is 6.00. The van der Waals surface area contributed by atoms with Crippen LogP contribution in [0.15, 0.2) is 18.2 Å². The van der Waals surface area contributed by atoms with Crippen LogP contribution in [0.25, 0.3) is 0 Å². The Labute approximate surface area is 110 Å². The van der Waals surface area contributed by atoms with E-state index in [-0.39, 0.29) is 25.4 Å². The normalized spacial score (nSPS) is 12.4. The molecule has 0 aliphatic carbocycles. The molecule has 1 aromatic rings. The van der Waals surface area contributed by atoms with Gasteiger partial charge in [-0.1, -0.05) is 17.7 Å². The van der Waals surface area contributed by atoms with Gasteiger partial charge in [0, 0.05) is 26.3 Å². The summed E-state index contributed by atoms with van der Waals surface area (Å²) >= 11 is 5.92. The van der Waals surface area contributed by atoms with Crippen LogP contribution in [0.5, 0.6) is 0 Å². The number of nitro groups is 1. The molecule has 0 amide bonds. The maximum Gasteiger partial charge on any atom is 0.275 e. The van der Waals surface area contributed by atoms with Gasteiger partial charge >= 0.3 is 0 Å². The molecule has 0 aromatic heterocycles. The monoisotopic (exact) mass is 274 g/mol. The van der Waals surface area contributed by atoms with E-state index in [0.717, 1.165) is 0 Å². The highest BCUT2D eigenvalue weighted by molar-refractivity contribution is 6.31. The molecule has 2 N–H and O–H groups in total. The molecule has 0 heterocycles. The molecule has 1 aromatic carbocycles. The maximum atomic E-state index is 10.8. The Balaban J connectivity index is 2.64. The summed E-state index contributed by atoms with van der Waals surface area (Å²) in [4.78, 5) is 10.3. The molecular weight excluding hydrogens is 260 g/mol. The van der Waals surface area contributed by atoms with Gasteiger partial charge in [0.25, 0.3) is 5.69 Å². The first kappa shape index (κ1) is 14.8. The van der Waals surface area contributed by atoms with Crippen LogP contribution < -0.4 is 5.32 Å². The van der Waals surface area contributed by atoms with E-state index in [1.807, 2.05) is 0 Å². The summed E-state index contributed by atoms with van der Waals surface area (Å²) in [6, 6.07) is 4.52. The number of rotatable bonds is 7. The minimum atomic E-state index is -0.656. The molecule has 1 unspecified atom stereocenters. The number of hydrogen-bond donors (Lipinski definition) is 2. The third kappa shape index (κ3) is 4.23. The molecule has 0 spiro atoms. The Bertz CT molecular complexity index is 414. The number of methoxy groups -OCH3 is 1. The fourth-order valence-corrected chi connectivity index (χ4v) is 1.74. The summed E-state index contributed by atoms with van der Waals surface area (Å²) < 4.78 is 4.77. The second kappa shape index (κ2) is 7.27. The summed E-state index contributed by atoms with van der Waals surface area (Å²) in [6.45, 7) is 0.699. The highest BCUT2D eigenvalue weighted by atomic mass is 35.5. The van der Waals surface area contributed by atoms with Crippen LogP contribution >= 0.6 is 11.6 Å². The largest absolute Gasteiger partial charge is 0.389 e. The lowest BCUT2D eigenvalue weighted by atomic mass is 10.1. The van der Waals surface area contributed by atoms with E-state index < -0.39 is 11.0 Å². The molecule has 1 rings (SSSR count). The van der Waals surface area contributed by atoms with Gasteiger partial charge in [0.15, 0.2) is 0 Å². The van der Waals surface area contributed by atoms with Crippen LogP contribution in [-0.2, 0) is 11.3 Å². The zero-order chi connectivity index (χ0) is 13.5. The zero-order valence-corrected chi connectivity index (χ0v) is 10.7. The highest BCUT2D eigenvalue weighted by Gasteiger charge is 2.16. The topological polar surface area (TPSA) is 84.6 Å². The lowest BCUT2D eigenvalue weighted by Gasteiger charge is -2.11. The van der Waals surface area contributed by atoms with Crippen molar-refractivity contribution >= 4 is 17.3 Å². The van der Waals surface area contributed by atoms with Gasteiger partial charge in [0.1, 0.15) is 0 Å². The number of ether oxygens (including phenoxy) is 1. The van der Waals surface area contributed by atoms with Gasteiger partial charge < -0.3 is 15.2 Å². The Morgan fingerprint density at radius 1 is 1.61 bits per heavy atom. The van der Waals surface area contributed by atoms with E-state index in [2.05, 4.69) is 5.32 Å². The van der Waals surface area contributed by atoms with Crippen molar-refractivity contribution in [2.75, 3.05) is 20.3 Å². The van der Waals surface area contributed by atoms with Gasteiger partial charge in [-0.2, -0.15) is 0 Å². The standard InChI is InChI=1S/C11H15ClN2O4/c1-18-7-8(15)5-13-6-9-10(12)3-2-4-11(9)14(16)17/h2-4,8,13,15H,5-7H2,1H3. The van der Waals surface area contributed by atoms with Crippen LogP contribution in [0.3, 0.4) is 0 Å². The fourth-order valence-electron chi connectivity index (χ4n) is 1.51. The van der Waals surface area contributed by atoms with Gasteiger partial charge in [-0.05, 0) is 6.07 Å². The number of nitro benzene ring substituents is 1. The molecular formula is C11H15ClN2O4. The molecule has 0 bridgehead atoms. The predicted octanol–water partition coefficient (Wildman–Crippen LogP) is 1.35. The summed E-state index contributed by atoms with van der Waals surface area (Å²) in [5, 5.41) is 23.5. The number of benzene rings is 1. The Morgan fingerprint density at radius 2 is 2.33 bits per heavy atom. The molecule has 0 saturated carbocycles. The molecule has 0 fully saturated rings. The van der Waals surface area contributed by atoms with Crippen LogP contribution in [0.4, 0.5) is 5.69 Å². The molecule has 7 heteroatoms. The zero-order valence-electron chi connectivity index (χ0n) is 9.93. The predicted molar refractivity (Wildman–Crippen MR) is 67.7 cm³/mol. The Hall–Kier alpha value is -1.21. The molecule has 6 nitrogen and oxygen atoms in total. The average Bonchev–Trinajstić information content (AvgIpc) is 2.31. The molecule has 0 saturated heterocycles. The molecule has 18 heavy (non-hydrogen) atoms. The van der Waals surface area contributed by atoms with Crippen LogP contribution in [0.2, 0.25) is 5.02 Å². The average molecular weight is 275 g/mol. The summed E-state index contributed by atoms with van der Waals surface area (Å²) in [6.07, 6.45) is -0.656. The van der Waals surface area contributed by atoms with Crippen molar-refractivity contribution in [2.45, 2.75) is 12.6 Å². The van der Waals surface area contributed by atoms with Gasteiger partial charge in [0.2, 0.25) is 0 Å². The quantitative estimate of drug-likeness (QED) is 0.579. The van der Waals surface area contributed by atoms with Crippen molar-refractivity contribution in [2.24, 2.45) is 0 Å². The summed E-state index contributed by atoms with van der Waals surface area (Å²) in [5.41, 5.74) is 0.380. The minimum absolute atomic E-state index is 0.0313. The van der Waals surface area contributed by atoms with Gasteiger partial charge in [0.05, 0.1) is 28.2 Å². The third-order valence-electron chi connectivity index (χ3n) is 2.33. The van der Waals surface area contributed by atoms with Crippen LogP contribution in [0, 0.1) is 10.1 Å². The van der Waals surface area contributed by atoms with Gasteiger partial charge in [-0.3, -0.25) is 10.1 Å². The van der Waals surface area contributed by atoms with E-state index in [1.165, 1.54) is 19.2 Å². The van der Waals surface area contributed by atoms with E-state index in [0.29, 0.717) is 10.6 Å². The SMILES string of the molecule is COCC(O)CNCc1c(Cl)cccc1[N+](=O)[O-]. The minimum Gasteiger partial charge on any atom is -0.389 e. The van der Waals surface area contributed by atoms with E-state index in [1.54, 1.807) is 6.07 Å². The number of hydrogen-bond acceptors (Lipinski definition) is 5. The lowest BCUT2D eigenvalue weighted by Crippen LogP contribution is -2.29. The van der Waals surface area contributed by atoms with E-state index in [9.17, 15) is 15.2 Å². The molecule has 100 valence electrons. The van der Waals surface area contributed by atoms with Crippen LogP contribution in [-0.4, -0.2) is 36.4 Å². The number of aliphatic hydroxyl groups is 1. The molecule has 1 atom stereocenters.